The summed E-state index contributed by atoms with van der Waals surface area (Å²) in [7, 11) is 5.04. The molecule has 0 radical (unpaired) electrons. The van der Waals surface area contributed by atoms with Crippen molar-refractivity contribution in [2.24, 2.45) is 0 Å². The second-order valence-electron chi connectivity index (χ2n) is 3.72. The van der Waals surface area contributed by atoms with E-state index < -0.39 is 0 Å². The van der Waals surface area contributed by atoms with Crippen molar-refractivity contribution in [2.45, 2.75) is 13.0 Å². The summed E-state index contributed by atoms with van der Waals surface area (Å²) in [6.45, 7) is 5.44. The first-order chi connectivity index (χ1) is 8.17. The zero-order chi connectivity index (χ0) is 13.1. The van der Waals surface area contributed by atoms with E-state index in [1.807, 2.05) is 0 Å². The van der Waals surface area contributed by atoms with Crippen molar-refractivity contribution in [3.63, 3.8) is 0 Å². The van der Waals surface area contributed by atoms with E-state index in [0.717, 1.165) is 6.54 Å². The highest BCUT2D eigenvalue weighted by Crippen LogP contribution is 2.00. The summed E-state index contributed by atoms with van der Waals surface area (Å²) in [5, 5.41) is 3.86. The quantitative estimate of drug-likeness (QED) is 0.483. The lowest BCUT2D eigenvalue weighted by Gasteiger charge is -2.31. The highest BCUT2D eigenvalue weighted by molar-refractivity contribution is 7.80. The fourth-order valence-electron chi connectivity index (χ4n) is 1.40. The molecule has 0 saturated carbocycles. The first-order valence-electron chi connectivity index (χ1n) is 5.68. The molecule has 0 heterocycles. The number of nitrogens with one attached hydrogen (secondary N) is 1. The van der Waals surface area contributed by atoms with Crippen LogP contribution in [0.25, 0.3) is 0 Å². The van der Waals surface area contributed by atoms with Crippen molar-refractivity contribution in [2.75, 3.05) is 54.2 Å². The Labute approximate surface area is 109 Å². The maximum Gasteiger partial charge on any atom is 0.169 e. The van der Waals surface area contributed by atoms with Crippen LogP contribution in [0.2, 0.25) is 0 Å². The Bertz CT molecular complexity index is 205. The van der Waals surface area contributed by atoms with Crippen LogP contribution in [-0.4, -0.2) is 70.3 Å². The number of rotatable bonds is 9. The van der Waals surface area contributed by atoms with Gasteiger partial charge in [-0.2, -0.15) is 0 Å². The zero-order valence-corrected chi connectivity index (χ0v) is 12.0. The molecule has 0 aromatic carbocycles. The van der Waals surface area contributed by atoms with Crippen LogP contribution in [0.4, 0.5) is 0 Å². The first-order valence-corrected chi connectivity index (χ1v) is 6.09. The molecule has 0 aromatic rings. The molecule has 0 fully saturated rings. The molecular weight excluding hydrogens is 240 g/mol. The summed E-state index contributed by atoms with van der Waals surface area (Å²) in [4.78, 5) is 2.07. The molecule has 1 atom stereocenters. The van der Waals surface area contributed by atoms with Gasteiger partial charge in [0, 0.05) is 34.4 Å². The minimum absolute atomic E-state index is 0.220. The van der Waals surface area contributed by atoms with Crippen LogP contribution < -0.4 is 5.32 Å². The van der Waals surface area contributed by atoms with Crippen LogP contribution in [0.1, 0.15) is 6.92 Å². The Balaban J connectivity index is 4.18. The second-order valence-corrected chi connectivity index (χ2v) is 4.10. The van der Waals surface area contributed by atoms with Gasteiger partial charge in [0.15, 0.2) is 5.11 Å². The Kier molecular flexibility index (Phi) is 10.4. The van der Waals surface area contributed by atoms with Gasteiger partial charge in [0.1, 0.15) is 0 Å². The number of hydrogen-bond acceptors (Lipinski definition) is 4. The maximum atomic E-state index is 5.34. The van der Waals surface area contributed by atoms with Crippen LogP contribution in [0, 0.1) is 0 Å². The second kappa shape index (κ2) is 10.7. The van der Waals surface area contributed by atoms with Gasteiger partial charge in [0.2, 0.25) is 0 Å². The maximum absolute atomic E-state index is 5.34. The van der Waals surface area contributed by atoms with Gasteiger partial charge in [-0.3, -0.25) is 0 Å². The first kappa shape index (κ1) is 16.6. The molecule has 0 aliphatic rings. The Hall–Kier alpha value is -0.430. The van der Waals surface area contributed by atoms with Crippen LogP contribution in [0.5, 0.6) is 0 Å². The third-order valence-corrected chi connectivity index (χ3v) is 2.70. The van der Waals surface area contributed by atoms with Crippen molar-refractivity contribution in [3.05, 3.63) is 0 Å². The minimum Gasteiger partial charge on any atom is -0.383 e. The van der Waals surface area contributed by atoms with Gasteiger partial charge in [0.25, 0.3) is 0 Å². The van der Waals surface area contributed by atoms with Crippen molar-refractivity contribution < 1.29 is 14.2 Å². The summed E-state index contributed by atoms with van der Waals surface area (Å²) in [6.07, 6.45) is 0. The lowest BCUT2D eigenvalue weighted by Crippen LogP contribution is -2.48. The van der Waals surface area contributed by atoms with Gasteiger partial charge < -0.3 is 24.4 Å². The smallest absolute Gasteiger partial charge is 0.169 e. The van der Waals surface area contributed by atoms with Crippen LogP contribution >= 0.6 is 12.2 Å². The van der Waals surface area contributed by atoms with E-state index in [1.54, 1.807) is 21.3 Å². The van der Waals surface area contributed by atoms with E-state index >= 15 is 0 Å². The molecular formula is C11H24N2O3S. The summed E-state index contributed by atoms with van der Waals surface area (Å²) in [5.74, 6) is 0. The van der Waals surface area contributed by atoms with E-state index in [0.29, 0.717) is 31.5 Å². The fourth-order valence-corrected chi connectivity index (χ4v) is 1.78. The average molecular weight is 264 g/mol. The van der Waals surface area contributed by atoms with Gasteiger partial charge in [-0.05, 0) is 19.1 Å². The van der Waals surface area contributed by atoms with E-state index in [1.165, 1.54) is 0 Å². The molecule has 102 valence electrons. The molecule has 1 unspecified atom stereocenters. The number of ether oxygens (including phenoxy) is 3. The summed E-state index contributed by atoms with van der Waals surface area (Å²) in [5.41, 5.74) is 0. The van der Waals surface area contributed by atoms with Crippen molar-refractivity contribution >= 4 is 17.3 Å². The number of thiocarbonyl (C=S) groups is 1. The van der Waals surface area contributed by atoms with Crippen LogP contribution in [0.3, 0.4) is 0 Å². The normalized spacial score (nSPS) is 12.2. The van der Waals surface area contributed by atoms with E-state index in [2.05, 4.69) is 17.1 Å². The predicted octanol–water partition coefficient (Wildman–Crippen LogP) is 0.491. The topological polar surface area (TPSA) is 43.0 Å². The van der Waals surface area contributed by atoms with E-state index in [-0.39, 0.29) is 6.04 Å². The number of nitrogens with zero attached hydrogens (tertiary/aromatic N) is 1. The summed E-state index contributed by atoms with van der Waals surface area (Å²) in [6, 6.07) is 0.220. The average Bonchev–Trinajstić information content (AvgIpc) is 2.30. The molecule has 6 heteroatoms. The van der Waals surface area contributed by atoms with Crippen LogP contribution in [0.15, 0.2) is 0 Å². The highest BCUT2D eigenvalue weighted by atomic mass is 32.1. The largest absolute Gasteiger partial charge is 0.383 e. The van der Waals surface area contributed by atoms with Gasteiger partial charge in [-0.1, -0.05) is 0 Å². The molecule has 0 spiro atoms. The molecule has 0 amide bonds. The number of methoxy groups -OCH3 is 3. The third-order valence-electron chi connectivity index (χ3n) is 2.32. The van der Waals surface area contributed by atoms with E-state index in [9.17, 15) is 0 Å². The Morgan fingerprint density at radius 1 is 1.18 bits per heavy atom. The Morgan fingerprint density at radius 2 is 1.82 bits per heavy atom. The van der Waals surface area contributed by atoms with Gasteiger partial charge in [0.05, 0.1) is 25.9 Å². The van der Waals surface area contributed by atoms with Crippen molar-refractivity contribution in [3.8, 4) is 0 Å². The molecule has 17 heavy (non-hydrogen) atoms. The molecule has 5 nitrogen and oxygen atoms in total. The molecule has 0 saturated heterocycles. The summed E-state index contributed by atoms with van der Waals surface area (Å²) >= 11 is 5.34. The van der Waals surface area contributed by atoms with Gasteiger partial charge in [-0.15, -0.1) is 0 Å². The van der Waals surface area contributed by atoms with Crippen molar-refractivity contribution in [1.82, 2.24) is 10.2 Å². The predicted molar refractivity (Wildman–Crippen MR) is 72.4 cm³/mol. The lowest BCUT2D eigenvalue weighted by molar-refractivity contribution is 0.112. The molecule has 0 aliphatic heterocycles. The minimum atomic E-state index is 0.220. The molecule has 1 N–H and O–H groups in total. The highest BCUT2D eigenvalue weighted by Gasteiger charge is 2.16. The standard InChI is InChI=1S/C11H24N2O3S/c1-10(9-16-4)13(6-8-15-3)11(17)12-5-7-14-2/h10H,5-9H2,1-4H3,(H,12,17). The number of hydrogen-bond donors (Lipinski definition) is 1. The summed E-state index contributed by atoms with van der Waals surface area (Å²) < 4.78 is 15.2. The van der Waals surface area contributed by atoms with E-state index in [4.69, 9.17) is 26.4 Å². The lowest BCUT2D eigenvalue weighted by atomic mass is 10.3. The van der Waals surface area contributed by atoms with Gasteiger partial charge >= 0.3 is 0 Å². The van der Waals surface area contributed by atoms with Crippen molar-refractivity contribution in [1.29, 1.82) is 0 Å². The third kappa shape index (κ3) is 7.49. The monoisotopic (exact) mass is 264 g/mol. The fraction of sp³-hybridized carbons (Fsp3) is 0.909. The Morgan fingerprint density at radius 3 is 2.35 bits per heavy atom. The zero-order valence-electron chi connectivity index (χ0n) is 11.2. The van der Waals surface area contributed by atoms with Gasteiger partial charge in [-0.25, -0.2) is 0 Å². The molecule has 0 bridgehead atoms. The van der Waals surface area contributed by atoms with Crippen LogP contribution in [-0.2, 0) is 14.2 Å². The molecule has 0 aromatic heterocycles. The molecule has 0 aliphatic carbocycles. The molecule has 0 rings (SSSR count). The SMILES string of the molecule is COCCNC(=S)N(CCOC)C(C)COC.